The third kappa shape index (κ3) is 9.52. The highest BCUT2D eigenvalue weighted by Gasteiger charge is 2.32. The van der Waals surface area contributed by atoms with E-state index < -0.39 is 30.0 Å². The zero-order valence-corrected chi connectivity index (χ0v) is 18.3. The average Bonchev–Trinajstić information content (AvgIpc) is 3.03. The summed E-state index contributed by atoms with van der Waals surface area (Å²) in [6.07, 6.45) is 0.558. The van der Waals surface area contributed by atoms with Crippen molar-refractivity contribution in [2.75, 3.05) is 17.3 Å². The molecule has 156 valence electrons. The molecule has 2 N–H and O–H groups in total. The Morgan fingerprint density at radius 3 is 2.29 bits per heavy atom. The zero-order valence-electron chi connectivity index (χ0n) is 14.8. The van der Waals surface area contributed by atoms with Crippen molar-refractivity contribution in [3.05, 3.63) is 24.4 Å². The normalized spacial score (nSPS) is 15.6. The lowest BCUT2D eigenvalue weighted by atomic mass is 10.3. The minimum Gasteiger partial charge on any atom is -0.390 e. The Balaban J connectivity index is 0.000000416. The van der Waals surface area contributed by atoms with Crippen LogP contribution in [0.3, 0.4) is 0 Å². The number of aliphatic hydroxyl groups is 2. The van der Waals surface area contributed by atoms with E-state index in [1.165, 1.54) is 21.6 Å². The van der Waals surface area contributed by atoms with Crippen LogP contribution in [0.15, 0.2) is 29.4 Å². The van der Waals surface area contributed by atoms with Crippen molar-refractivity contribution in [1.29, 1.82) is 0 Å². The maximum Gasteiger partial charge on any atom is 0.334 e. The number of nitrogens with zero attached hydrogens (tertiary/aromatic N) is 2. The number of hydrogen-bond donors (Lipinski definition) is 4. The summed E-state index contributed by atoms with van der Waals surface area (Å²) in [5, 5.41) is 18.9. The van der Waals surface area contributed by atoms with Gasteiger partial charge in [-0.1, -0.05) is 16.9 Å². The summed E-state index contributed by atoms with van der Waals surface area (Å²) in [4.78, 5) is 42.9. The second-order valence-corrected chi connectivity index (χ2v) is 8.53. The molecule has 12 heteroatoms. The van der Waals surface area contributed by atoms with Gasteiger partial charge in [0.2, 0.25) is 0 Å². The van der Waals surface area contributed by atoms with Crippen molar-refractivity contribution in [2.45, 2.75) is 36.5 Å². The van der Waals surface area contributed by atoms with Gasteiger partial charge in [0.25, 0.3) is 11.8 Å². The summed E-state index contributed by atoms with van der Waals surface area (Å²) in [6.45, 7) is 0. The molecule has 0 spiro atoms. The number of carbonyl (C=O) groups is 3. The van der Waals surface area contributed by atoms with Crippen molar-refractivity contribution >= 4 is 64.6 Å². The van der Waals surface area contributed by atoms with Crippen LogP contribution in [0.1, 0.15) is 19.3 Å². The first-order chi connectivity index (χ1) is 13.4. The van der Waals surface area contributed by atoms with E-state index in [9.17, 15) is 14.4 Å². The van der Waals surface area contributed by atoms with Crippen molar-refractivity contribution in [1.82, 2.24) is 10.0 Å². The van der Waals surface area contributed by atoms with Gasteiger partial charge in [-0.3, -0.25) is 9.59 Å². The smallest absolute Gasteiger partial charge is 0.334 e. The summed E-state index contributed by atoms with van der Waals surface area (Å²) in [6, 6.07) is 5.59. The molecule has 0 bridgehead atoms. The molecular weight excluding hydrogens is 444 g/mol. The number of carbonyl (C=O) groups excluding carboxylic acids is 3. The van der Waals surface area contributed by atoms with E-state index in [1.54, 1.807) is 6.20 Å². The molecule has 2 amide bonds. The number of hydrogen-bond acceptors (Lipinski definition) is 11. The van der Waals surface area contributed by atoms with Gasteiger partial charge in [-0.15, -0.1) is 5.06 Å². The molecule has 1 aliphatic heterocycles. The van der Waals surface area contributed by atoms with Crippen molar-refractivity contribution < 1.29 is 29.4 Å². The Kier molecular flexibility index (Phi) is 12.7. The van der Waals surface area contributed by atoms with Gasteiger partial charge in [-0.2, -0.15) is 25.3 Å². The third-order valence-corrected chi connectivity index (χ3v) is 6.20. The average molecular weight is 467 g/mol. The third-order valence-electron chi connectivity index (χ3n) is 3.19. The van der Waals surface area contributed by atoms with Crippen molar-refractivity contribution in [3.63, 3.8) is 0 Å². The first-order valence-corrected chi connectivity index (χ1v) is 11.8. The van der Waals surface area contributed by atoms with Crippen LogP contribution in [-0.4, -0.2) is 67.5 Å². The van der Waals surface area contributed by atoms with Gasteiger partial charge in [0, 0.05) is 36.3 Å². The maximum atomic E-state index is 11.5. The minimum absolute atomic E-state index is 0.108. The number of thiol groups is 2. The molecule has 2 heterocycles. The van der Waals surface area contributed by atoms with Crippen LogP contribution in [-0.2, 0) is 19.2 Å². The van der Waals surface area contributed by atoms with Crippen molar-refractivity contribution in [3.8, 4) is 0 Å². The van der Waals surface area contributed by atoms with Crippen LogP contribution in [0.4, 0.5) is 0 Å². The van der Waals surface area contributed by atoms with Gasteiger partial charge in [-0.25, -0.2) is 9.78 Å². The van der Waals surface area contributed by atoms with Crippen LogP contribution in [0.5, 0.6) is 0 Å². The molecule has 2 rings (SSSR count). The molecule has 1 saturated heterocycles. The topological polar surface area (TPSA) is 117 Å². The predicted octanol–water partition coefficient (Wildman–Crippen LogP) is 1.39. The van der Waals surface area contributed by atoms with Gasteiger partial charge in [0.15, 0.2) is 0 Å². The Morgan fingerprint density at radius 1 is 1.18 bits per heavy atom. The maximum absolute atomic E-state index is 11.5. The standard InChI is InChI=1S/C12H12N2O4S2.C4H10O2S2/c15-10-4-5-11(16)14(10)18-12(17)6-8-19-20-9-3-1-2-7-13-9;5-3(1-7)4(6)2-8/h1-3,7H,4-6,8H2;3-8H,1-2H2/t;3-,4-/m.1/s1. The lowest BCUT2D eigenvalue weighted by Crippen LogP contribution is -2.32. The number of rotatable bonds is 9. The molecule has 1 aromatic heterocycles. The van der Waals surface area contributed by atoms with Crippen molar-refractivity contribution in [2.24, 2.45) is 0 Å². The van der Waals surface area contributed by atoms with Gasteiger partial charge >= 0.3 is 5.97 Å². The highest BCUT2D eigenvalue weighted by molar-refractivity contribution is 8.76. The molecular formula is C16H22N2O6S4. The van der Waals surface area contributed by atoms with E-state index in [0.29, 0.717) is 10.8 Å². The Hall–Kier alpha value is -0.920. The quantitative estimate of drug-likeness (QED) is 0.185. The summed E-state index contributed by atoms with van der Waals surface area (Å²) < 4.78 is 0. The molecule has 1 fully saturated rings. The van der Waals surface area contributed by atoms with E-state index >= 15 is 0 Å². The van der Waals surface area contributed by atoms with E-state index in [1.807, 2.05) is 18.2 Å². The minimum atomic E-state index is -0.740. The SMILES string of the molecule is O=C(CCSSc1ccccn1)ON1C(=O)CCC1=O.O[C@H](CS)[C@H](O)CS. The van der Waals surface area contributed by atoms with E-state index in [4.69, 9.17) is 15.1 Å². The fourth-order valence-corrected chi connectivity index (χ4v) is 4.01. The highest BCUT2D eigenvalue weighted by Crippen LogP contribution is 2.29. The zero-order chi connectivity index (χ0) is 20.9. The fraction of sp³-hybridized carbons (Fsp3) is 0.500. The lowest BCUT2D eigenvalue weighted by molar-refractivity contribution is -0.197. The lowest BCUT2D eigenvalue weighted by Gasteiger charge is -2.12. The van der Waals surface area contributed by atoms with Crippen LogP contribution < -0.4 is 0 Å². The van der Waals surface area contributed by atoms with Crippen LogP contribution >= 0.6 is 46.8 Å². The molecule has 28 heavy (non-hydrogen) atoms. The molecule has 0 aromatic carbocycles. The van der Waals surface area contributed by atoms with Gasteiger partial charge in [-0.05, 0) is 22.9 Å². The number of aliphatic hydroxyl groups excluding tert-OH is 2. The summed E-state index contributed by atoms with van der Waals surface area (Å²) in [7, 11) is 2.92. The van der Waals surface area contributed by atoms with Crippen LogP contribution in [0.2, 0.25) is 0 Å². The molecule has 0 saturated carbocycles. The number of imide groups is 1. The number of pyridine rings is 1. The summed E-state index contributed by atoms with van der Waals surface area (Å²) >= 11 is 7.53. The van der Waals surface area contributed by atoms with Gasteiger partial charge < -0.3 is 15.1 Å². The van der Waals surface area contributed by atoms with E-state index in [-0.39, 0.29) is 30.8 Å². The van der Waals surface area contributed by atoms with Crippen LogP contribution in [0.25, 0.3) is 0 Å². The Bertz CT molecular complexity index is 613. The van der Waals surface area contributed by atoms with Gasteiger partial charge in [0.1, 0.15) is 5.03 Å². The molecule has 0 radical (unpaired) electrons. The largest absolute Gasteiger partial charge is 0.390 e. The second-order valence-electron chi connectivity index (χ2n) is 5.37. The Labute approximate surface area is 182 Å². The second kappa shape index (κ2) is 14.1. The molecule has 2 atom stereocenters. The first-order valence-electron chi connectivity index (χ1n) is 8.24. The monoisotopic (exact) mass is 466 g/mol. The first kappa shape index (κ1) is 25.1. The highest BCUT2D eigenvalue weighted by atomic mass is 33.1. The molecule has 1 aromatic rings. The van der Waals surface area contributed by atoms with Gasteiger partial charge in [0.05, 0.1) is 18.6 Å². The molecule has 1 aliphatic rings. The molecule has 0 unspecified atom stereocenters. The van der Waals surface area contributed by atoms with E-state index in [0.717, 1.165) is 5.03 Å². The summed E-state index contributed by atoms with van der Waals surface area (Å²) in [5.74, 6) is -0.430. The van der Waals surface area contributed by atoms with E-state index in [2.05, 4.69) is 30.2 Å². The number of aromatic nitrogens is 1. The van der Waals surface area contributed by atoms with Crippen LogP contribution in [0, 0.1) is 0 Å². The summed E-state index contributed by atoms with van der Waals surface area (Å²) in [5.41, 5.74) is 0. The Morgan fingerprint density at radius 2 is 1.79 bits per heavy atom. The molecule has 8 nitrogen and oxygen atoms in total. The number of amides is 2. The molecule has 0 aliphatic carbocycles. The predicted molar refractivity (Wildman–Crippen MR) is 114 cm³/mol. The fourth-order valence-electron chi connectivity index (χ4n) is 1.67. The number of hydroxylamine groups is 2.